The number of halogens is 4. The summed E-state index contributed by atoms with van der Waals surface area (Å²) >= 11 is 0. The molecule has 0 radical (unpaired) electrons. The lowest BCUT2D eigenvalue weighted by Crippen LogP contribution is -2.44. The van der Waals surface area contributed by atoms with Gasteiger partial charge in [0, 0.05) is 23.2 Å². The van der Waals surface area contributed by atoms with Gasteiger partial charge in [0.1, 0.15) is 5.82 Å². The van der Waals surface area contributed by atoms with Crippen LogP contribution in [0, 0.1) is 5.82 Å². The van der Waals surface area contributed by atoms with Gasteiger partial charge in [-0.15, -0.1) is 0 Å². The van der Waals surface area contributed by atoms with E-state index in [1.165, 1.54) is 23.3 Å². The first kappa shape index (κ1) is 28.0. The average molecular weight is 540 g/mol. The van der Waals surface area contributed by atoms with Crippen molar-refractivity contribution in [3.63, 3.8) is 0 Å². The number of likely N-dealkylation sites (tertiary alicyclic amines) is 1. The molecule has 1 aliphatic heterocycles. The first-order chi connectivity index (χ1) is 18.7. The largest absolute Gasteiger partial charge is 0.490 e. The van der Waals surface area contributed by atoms with E-state index in [9.17, 15) is 17.6 Å². The van der Waals surface area contributed by atoms with Gasteiger partial charge in [-0.05, 0) is 73.8 Å². The molecule has 0 saturated carbocycles. The molecular weight excluding hydrogens is 510 g/mol. The molecule has 0 aliphatic carbocycles. The fourth-order valence-electron chi connectivity index (χ4n) is 4.90. The van der Waals surface area contributed by atoms with Gasteiger partial charge in [0.15, 0.2) is 0 Å². The summed E-state index contributed by atoms with van der Waals surface area (Å²) in [4.78, 5) is 11.5. The van der Waals surface area contributed by atoms with E-state index in [0.717, 1.165) is 55.8 Å². The summed E-state index contributed by atoms with van der Waals surface area (Å²) in [6, 6.07) is 30.2. The number of H-pyrrole nitrogens is 1. The highest BCUT2D eigenvalue weighted by Crippen LogP contribution is 2.41. The SMILES string of the molecule is Fc1ccc(-c2cc(C3(c4ccccc4)CCN(CCc4ccccc4)CC3)[nH]n2)cc1.O=C(O)C(F)(F)F. The minimum Gasteiger partial charge on any atom is -0.475 e. The molecule has 1 fully saturated rings. The molecule has 1 aliphatic rings. The van der Waals surface area contributed by atoms with Crippen LogP contribution in [0.4, 0.5) is 17.6 Å². The van der Waals surface area contributed by atoms with Crippen LogP contribution in [-0.4, -0.2) is 52.0 Å². The summed E-state index contributed by atoms with van der Waals surface area (Å²) in [5.74, 6) is -2.99. The molecule has 2 N–H and O–H groups in total. The van der Waals surface area contributed by atoms with Crippen LogP contribution in [0.3, 0.4) is 0 Å². The van der Waals surface area contributed by atoms with Gasteiger partial charge in [0.2, 0.25) is 0 Å². The van der Waals surface area contributed by atoms with Crippen molar-refractivity contribution >= 4 is 5.97 Å². The van der Waals surface area contributed by atoms with E-state index in [4.69, 9.17) is 9.90 Å². The van der Waals surface area contributed by atoms with Crippen molar-refractivity contribution in [2.24, 2.45) is 0 Å². The van der Waals surface area contributed by atoms with Crippen LogP contribution in [0.15, 0.2) is 91.0 Å². The molecule has 0 amide bonds. The number of carboxylic acid groups (broad SMARTS) is 1. The maximum absolute atomic E-state index is 13.4. The lowest BCUT2D eigenvalue weighted by Gasteiger charge is -2.41. The minimum absolute atomic E-state index is 0.0875. The number of benzene rings is 3. The number of alkyl halides is 3. The van der Waals surface area contributed by atoms with E-state index in [1.807, 2.05) is 0 Å². The van der Waals surface area contributed by atoms with Crippen molar-refractivity contribution in [2.75, 3.05) is 19.6 Å². The second kappa shape index (κ2) is 12.3. The monoisotopic (exact) mass is 539 g/mol. The fourth-order valence-corrected chi connectivity index (χ4v) is 4.90. The molecular formula is C30H29F4N3O2. The smallest absolute Gasteiger partial charge is 0.475 e. The maximum atomic E-state index is 13.4. The predicted octanol–water partition coefficient (Wildman–Crippen LogP) is 6.47. The Morgan fingerprint density at radius 2 is 1.49 bits per heavy atom. The Morgan fingerprint density at radius 1 is 0.923 bits per heavy atom. The molecule has 1 aromatic heterocycles. The highest BCUT2D eigenvalue weighted by atomic mass is 19.4. The lowest BCUT2D eigenvalue weighted by atomic mass is 9.70. The number of nitrogens with one attached hydrogen (secondary N) is 1. The third-order valence-electron chi connectivity index (χ3n) is 7.07. The summed E-state index contributed by atoms with van der Waals surface area (Å²) in [5, 5.41) is 15.1. The van der Waals surface area contributed by atoms with Crippen LogP contribution in [0.5, 0.6) is 0 Å². The predicted molar refractivity (Wildman–Crippen MR) is 141 cm³/mol. The number of rotatable bonds is 6. The molecule has 39 heavy (non-hydrogen) atoms. The van der Waals surface area contributed by atoms with Crippen molar-refractivity contribution in [3.8, 4) is 11.3 Å². The number of hydrogen-bond donors (Lipinski definition) is 2. The van der Waals surface area contributed by atoms with Gasteiger partial charge < -0.3 is 10.0 Å². The highest BCUT2D eigenvalue weighted by Gasteiger charge is 2.39. The zero-order valence-corrected chi connectivity index (χ0v) is 21.2. The van der Waals surface area contributed by atoms with Gasteiger partial charge >= 0.3 is 12.1 Å². The normalized spacial score (nSPS) is 15.3. The van der Waals surface area contributed by atoms with E-state index >= 15 is 0 Å². The Bertz CT molecular complexity index is 1330. The molecule has 0 atom stereocenters. The molecule has 2 heterocycles. The second-order valence-corrected chi connectivity index (χ2v) is 9.50. The summed E-state index contributed by atoms with van der Waals surface area (Å²) in [5.41, 5.74) is 5.57. The van der Waals surface area contributed by atoms with Gasteiger partial charge in [0.05, 0.1) is 5.69 Å². The van der Waals surface area contributed by atoms with Crippen LogP contribution in [0.2, 0.25) is 0 Å². The Balaban J connectivity index is 0.000000448. The molecule has 9 heteroatoms. The molecule has 5 nitrogen and oxygen atoms in total. The molecule has 4 aromatic rings. The topological polar surface area (TPSA) is 69.2 Å². The molecule has 1 saturated heterocycles. The third-order valence-corrected chi connectivity index (χ3v) is 7.07. The van der Waals surface area contributed by atoms with E-state index in [2.05, 4.69) is 81.8 Å². The number of carboxylic acids is 1. The molecule has 3 aromatic carbocycles. The van der Waals surface area contributed by atoms with Gasteiger partial charge in [-0.25, -0.2) is 9.18 Å². The molecule has 0 spiro atoms. The first-order valence-corrected chi connectivity index (χ1v) is 12.6. The van der Waals surface area contributed by atoms with Gasteiger partial charge in [0.25, 0.3) is 0 Å². The summed E-state index contributed by atoms with van der Waals surface area (Å²) in [7, 11) is 0. The number of aromatic amines is 1. The standard InChI is InChI=1S/C28H28FN3.C2HF3O2/c29-25-13-11-23(12-14-25)26-21-27(31-30-26)28(24-9-5-2-6-10-24)16-19-32(20-17-28)18-15-22-7-3-1-4-8-22;3-2(4,5)1(6)7/h1-14,21H,15-20H2,(H,30,31);(H,6,7). The first-order valence-electron chi connectivity index (χ1n) is 12.6. The Kier molecular flexibility index (Phi) is 8.81. The number of aromatic nitrogens is 2. The van der Waals surface area contributed by atoms with Crippen LogP contribution < -0.4 is 0 Å². The zero-order valence-electron chi connectivity index (χ0n) is 21.2. The average Bonchev–Trinajstić information content (AvgIpc) is 3.44. The Morgan fingerprint density at radius 3 is 2.05 bits per heavy atom. The van der Waals surface area contributed by atoms with Gasteiger partial charge in [-0.3, -0.25) is 5.10 Å². The van der Waals surface area contributed by atoms with E-state index < -0.39 is 12.1 Å². The third kappa shape index (κ3) is 7.11. The number of hydrogen-bond acceptors (Lipinski definition) is 3. The molecule has 5 rings (SSSR count). The van der Waals surface area contributed by atoms with Crippen molar-refractivity contribution in [3.05, 3.63) is 114 Å². The van der Waals surface area contributed by atoms with Gasteiger partial charge in [-0.2, -0.15) is 18.3 Å². The fraction of sp³-hybridized carbons (Fsp3) is 0.267. The Labute approximate surface area is 224 Å². The van der Waals surface area contributed by atoms with Crippen LogP contribution in [0.1, 0.15) is 29.7 Å². The number of aliphatic carboxylic acids is 1. The van der Waals surface area contributed by atoms with Crippen molar-refractivity contribution in [2.45, 2.75) is 30.9 Å². The number of carbonyl (C=O) groups is 1. The summed E-state index contributed by atoms with van der Waals surface area (Å²) < 4.78 is 45.1. The quantitative estimate of drug-likeness (QED) is 0.276. The van der Waals surface area contributed by atoms with E-state index in [-0.39, 0.29) is 11.2 Å². The summed E-state index contributed by atoms with van der Waals surface area (Å²) in [6.07, 6.45) is -1.92. The zero-order chi connectivity index (χ0) is 27.9. The van der Waals surface area contributed by atoms with Crippen molar-refractivity contribution < 1.29 is 27.5 Å². The van der Waals surface area contributed by atoms with Crippen molar-refractivity contribution in [1.82, 2.24) is 15.1 Å². The second-order valence-electron chi connectivity index (χ2n) is 9.50. The van der Waals surface area contributed by atoms with E-state index in [1.54, 1.807) is 12.1 Å². The lowest BCUT2D eigenvalue weighted by molar-refractivity contribution is -0.192. The minimum atomic E-state index is -5.08. The number of piperidine rings is 1. The molecule has 204 valence electrons. The highest BCUT2D eigenvalue weighted by molar-refractivity contribution is 5.73. The molecule has 0 unspecified atom stereocenters. The van der Waals surface area contributed by atoms with Crippen molar-refractivity contribution in [1.29, 1.82) is 0 Å². The van der Waals surface area contributed by atoms with E-state index in [0.29, 0.717) is 0 Å². The van der Waals surface area contributed by atoms with Gasteiger partial charge in [-0.1, -0.05) is 60.7 Å². The maximum Gasteiger partial charge on any atom is 0.490 e. The van der Waals surface area contributed by atoms with Crippen LogP contribution >= 0.6 is 0 Å². The van der Waals surface area contributed by atoms with Crippen LogP contribution in [0.25, 0.3) is 11.3 Å². The summed E-state index contributed by atoms with van der Waals surface area (Å²) in [6.45, 7) is 3.18. The Hall–Kier alpha value is -3.98. The molecule has 0 bridgehead atoms. The van der Waals surface area contributed by atoms with Crippen LogP contribution in [-0.2, 0) is 16.6 Å². The number of nitrogens with zero attached hydrogens (tertiary/aromatic N) is 2.